The third-order valence-electron chi connectivity index (χ3n) is 5.22. The summed E-state index contributed by atoms with van der Waals surface area (Å²) in [5.41, 5.74) is 8.87. The van der Waals surface area contributed by atoms with Gasteiger partial charge in [-0.05, 0) is 53.4 Å². The van der Waals surface area contributed by atoms with Crippen molar-refractivity contribution in [2.45, 2.75) is 6.92 Å². The van der Waals surface area contributed by atoms with Crippen LogP contribution in [-0.2, 0) is 0 Å². The summed E-state index contributed by atoms with van der Waals surface area (Å²) in [6, 6.07) is 27.3. The van der Waals surface area contributed by atoms with Gasteiger partial charge in [-0.2, -0.15) is 0 Å². The van der Waals surface area contributed by atoms with Gasteiger partial charge in [0.2, 0.25) is 0 Å². The molecule has 0 aliphatic rings. The van der Waals surface area contributed by atoms with Gasteiger partial charge < -0.3 is 0 Å². The first-order valence-electron chi connectivity index (χ1n) is 9.61. The summed E-state index contributed by atoms with van der Waals surface area (Å²) in [6.45, 7) is 2.15. The standard InChI is InChI=1S/C26H19N3/c1-18-14-21(10-11-23(18)19-6-3-2-4-7-19)26-24-12-9-20(15-25(24)28-17-29-26)22-8-5-13-27-16-22/h2-17H,1H3. The van der Waals surface area contributed by atoms with Crippen molar-refractivity contribution in [2.24, 2.45) is 0 Å². The molecule has 0 aliphatic carbocycles. The minimum absolute atomic E-state index is 0.932. The van der Waals surface area contributed by atoms with E-state index in [0.717, 1.165) is 33.3 Å². The summed E-state index contributed by atoms with van der Waals surface area (Å²) < 4.78 is 0. The number of aryl methyl sites for hydroxylation is 1. The molecule has 0 radical (unpaired) electrons. The van der Waals surface area contributed by atoms with Crippen molar-refractivity contribution in [1.29, 1.82) is 0 Å². The molecule has 29 heavy (non-hydrogen) atoms. The predicted octanol–water partition coefficient (Wildman–Crippen LogP) is 6.33. The number of hydrogen-bond donors (Lipinski definition) is 0. The van der Waals surface area contributed by atoms with Crippen LogP contribution in [0.25, 0.3) is 44.4 Å². The van der Waals surface area contributed by atoms with Gasteiger partial charge in [0.05, 0.1) is 11.2 Å². The first kappa shape index (κ1) is 17.3. The zero-order valence-corrected chi connectivity index (χ0v) is 16.1. The number of rotatable bonds is 3. The summed E-state index contributed by atoms with van der Waals surface area (Å²) in [6.07, 6.45) is 5.30. The molecule has 0 unspecified atom stereocenters. The van der Waals surface area contributed by atoms with Gasteiger partial charge in [0.1, 0.15) is 6.33 Å². The van der Waals surface area contributed by atoms with E-state index in [2.05, 4.69) is 88.6 Å². The number of benzene rings is 3. The van der Waals surface area contributed by atoms with Crippen molar-refractivity contribution in [1.82, 2.24) is 15.0 Å². The average molecular weight is 373 g/mol. The van der Waals surface area contributed by atoms with Gasteiger partial charge in [0.15, 0.2) is 0 Å². The zero-order valence-electron chi connectivity index (χ0n) is 16.1. The van der Waals surface area contributed by atoms with E-state index in [4.69, 9.17) is 0 Å². The van der Waals surface area contributed by atoms with Gasteiger partial charge in [-0.25, -0.2) is 9.97 Å². The molecule has 5 rings (SSSR count). The monoisotopic (exact) mass is 373 g/mol. The second-order valence-corrected chi connectivity index (χ2v) is 7.09. The smallest absolute Gasteiger partial charge is 0.116 e. The van der Waals surface area contributed by atoms with Crippen LogP contribution < -0.4 is 0 Å². The number of hydrogen-bond acceptors (Lipinski definition) is 3. The normalized spacial score (nSPS) is 10.9. The molecular formula is C26H19N3. The molecule has 2 heterocycles. The van der Waals surface area contributed by atoms with Crippen LogP contribution in [-0.4, -0.2) is 15.0 Å². The minimum atomic E-state index is 0.932. The van der Waals surface area contributed by atoms with Crippen LogP contribution in [0, 0.1) is 6.92 Å². The van der Waals surface area contributed by atoms with E-state index in [9.17, 15) is 0 Å². The molecule has 5 aromatic rings. The summed E-state index contributed by atoms with van der Waals surface area (Å²) in [7, 11) is 0. The number of fused-ring (bicyclic) bond motifs is 1. The number of aromatic nitrogens is 3. The minimum Gasteiger partial charge on any atom is -0.264 e. The Balaban J connectivity index is 1.59. The molecular weight excluding hydrogens is 354 g/mol. The summed E-state index contributed by atoms with van der Waals surface area (Å²) in [5, 5.41) is 1.05. The van der Waals surface area contributed by atoms with E-state index >= 15 is 0 Å². The van der Waals surface area contributed by atoms with Crippen molar-refractivity contribution in [2.75, 3.05) is 0 Å². The van der Waals surface area contributed by atoms with Crippen LogP contribution in [0.4, 0.5) is 0 Å². The maximum atomic E-state index is 4.60. The molecule has 2 aromatic heterocycles. The second kappa shape index (κ2) is 7.28. The lowest BCUT2D eigenvalue weighted by atomic mass is 9.96. The molecule has 0 saturated heterocycles. The zero-order chi connectivity index (χ0) is 19.6. The fourth-order valence-corrected chi connectivity index (χ4v) is 3.75. The Bertz CT molecular complexity index is 1300. The van der Waals surface area contributed by atoms with Crippen LogP contribution in [0.1, 0.15) is 5.56 Å². The van der Waals surface area contributed by atoms with E-state index in [1.54, 1.807) is 12.5 Å². The number of pyridine rings is 1. The fraction of sp³-hybridized carbons (Fsp3) is 0.0385. The average Bonchev–Trinajstić information content (AvgIpc) is 2.79. The van der Waals surface area contributed by atoms with E-state index in [0.29, 0.717) is 0 Å². The third-order valence-corrected chi connectivity index (χ3v) is 5.22. The SMILES string of the molecule is Cc1cc(-c2ncnc3cc(-c4cccnc4)ccc23)ccc1-c1ccccc1. The number of nitrogens with zero attached hydrogens (tertiary/aromatic N) is 3. The van der Waals surface area contributed by atoms with Crippen molar-refractivity contribution >= 4 is 10.9 Å². The topological polar surface area (TPSA) is 38.7 Å². The Kier molecular flexibility index (Phi) is 4.34. The van der Waals surface area contributed by atoms with Gasteiger partial charge >= 0.3 is 0 Å². The lowest BCUT2D eigenvalue weighted by molar-refractivity contribution is 1.22. The van der Waals surface area contributed by atoms with Crippen molar-refractivity contribution in [3.8, 4) is 33.5 Å². The van der Waals surface area contributed by atoms with E-state index in [-0.39, 0.29) is 0 Å². The molecule has 3 nitrogen and oxygen atoms in total. The van der Waals surface area contributed by atoms with E-state index < -0.39 is 0 Å². The molecule has 3 heteroatoms. The van der Waals surface area contributed by atoms with Gasteiger partial charge in [0.25, 0.3) is 0 Å². The largest absolute Gasteiger partial charge is 0.264 e. The van der Waals surface area contributed by atoms with Crippen molar-refractivity contribution in [3.63, 3.8) is 0 Å². The fourth-order valence-electron chi connectivity index (χ4n) is 3.75. The Labute approximate surface area is 169 Å². The summed E-state index contributed by atoms with van der Waals surface area (Å²) in [5.74, 6) is 0. The van der Waals surface area contributed by atoms with Gasteiger partial charge in [-0.15, -0.1) is 0 Å². The van der Waals surface area contributed by atoms with E-state index in [1.807, 2.05) is 18.3 Å². The first-order valence-corrected chi connectivity index (χ1v) is 9.61. The molecule has 138 valence electrons. The van der Waals surface area contributed by atoms with Gasteiger partial charge in [-0.1, -0.05) is 54.6 Å². The molecule has 0 bridgehead atoms. The molecule has 0 fully saturated rings. The maximum Gasteiger partial charge on any atom is 0.116 e. The molecule has 0 N–H and O–H groups in total. The van der Waals surface area contributed by atoms with Gasteiger partial charge in [0, 0.05) is 28.9 Å². The molecule has 0 saturated carbocycles. The second-order valence-electron chi connectivity index (χ2n) is 7.09. The highest BCUT2D eigenvalue weighted by Gasteiger charge is 2.10. The van der Waals surface area contributed by atoms with Crippen LogP contribution >= 0.6 is 0 Å². The molecule has 0 atom stereocenters. The lowest BCUT2D eigenvalue weighted by Gasteiger charge is -2.11. The first-order chi connectivity index (χ1) is 14.3. The lowest BCUT2D eigenvalue weighted by Crippen LogP contribution is -1.92. The molecule has 0 spiro atoms. The molecule has 0 aliphatic heterocycles. The highest BCUT2D eigenvalue weighted by Crippen LogP contribution is 2.32. The highest BCUT2D eigenvalue weighted by molar-refractivity contribution is 5.94. The predicted molar refractivity (Wildman–Crippen MR) is 118 cm³/mol. The third kappa shape index (κ3) is 3.27. The van der Waals surface area contributed by atoms with Crippen LogP contribution in [0.5, 0.6) is 0 Å². The van der Waals surface area contributed by atoms with Gasteiger partial charge in [-0.3, -0.25) is 4.98 Å². The highest BCUT2D eigenvalue weighted by atomic mass is 14.8. The Morgan fingerprint density at radius 1 is 0.655 bits per heavy atom. The Morgan fingerprint density at radius 3 is 2.28 bits per heavy atom. The summed E-state index contributed by atoms with van der Waals surface area (Å²) in [4.78, 5) is 13.3. The maximum absolute atomic E-state index is 4.60. The van der Waals surface area contributed by atoms with E-state index in [1.165, 1.54) is 16.7 Å². The quantitative estimate of drug-likeness (QED) is 0.371. The van der Waals surface area contributed by atoms with Crippen molar-refractivity contribution in [3.05, 3.63) is 103 Å². The van der Waals surface area contributed by atoms with Crippen LogP contribution in [0.3, 0.4) is 0 Å². The molecule has 0 amide bonds. The Hall–Kier alpha value is -3.85. The Morgan fingerprint density at radius 2 is 1.48 bits per heavy atom. The van der Waals surface area contributed by atoms with Crippen molar-refractivity contribution < 1.29 is 0 Å². The van der Waals surface area contributed by atoms with Crippen LogP contribution in [0.15, 0.2) is 97.6 Å². The molecule has 3 aromatic carbocycles. The van der Waals surface area contributed by atoms with Crippen LogP contribution in [0.2, 0.25) is 0 Å². The summed E-state index contributed by atoms with van der Waals surface area (Å²) >= 11 is 0.